The molecule has 0 unspecified atom stereocenters. The minimum atomic E-state index is -3.96. The summed E-state index contributed by atoms with van der Waals surface area (Å²) in [5, 5.41) is 12.6. The molecule has 0 bridgehead atoms. The molecule has 1 aliphatic rings. The van der Waals surface area contributed by atoms with E-state index in [4.69, 9.17) is 0 Å². The van der Waals surface area contributed by atoms with Crippen LogP contribution < -0.4 is 14.9 Å². The van der Waals surface area contributed by atoms with Crippen molar-refractivity contribution in [2.24, 2.45) is 0 Å². The molecular weight excluding hydrogens is 456 g/mol. The fourth-order valence-corrected chi connectivity index (χ4v) is 5.34. The molecule has 2 aromatic rings. The van der Waals surface area contributed by atoms with Crippen LogP contribution in [0.4, 0.5) is 11.4 Å². The molecule has 184 valence electrons. The molecule has 1 saturated heterocycles. The van der Waals surface area contributed by atoms with Crippen molar-refractivity contribution in [2.75, 3.05) is 42.3 Å². The lowest BCUT2D eigenvalue weighted by Crippen LogP contribution is -2.50. The van der Waals surface area contributed by atoms with E-state index in [1.807, 2.05) is 24.8 Å². The second kappa shape index (κ2) is 10.4. The van der Waals surface area contributed by atoms with Gasteiger partial charge in [0.15, 0.2) is 0 Å². The third kappa shape index (κ3) is 6.27. The van der Waals surface area contributed by atoms with Crippen LogP contribution in [0.5, 0.6) is 0 Å². The Hall–Kier alpha value is -3.11. The van der Waals surface area contributed by atoms with Crippen molar-refractivity contribution in [3.63, 3.8) is 0 Å². The van der Waals surface area contributed by atoms with E-state index in [-0.39, 0.29) is 28.1 Å². The van der Waals surface area contributed by atoms with Crippen molar-refractivity contribution in [2.45, 2.75) is 38.6 Å². The van der Waals surface area contributed by atoms with Gasteiger partial charge in [0.2, 0.25) is 5.91 Å². The number of piperazine rings is 1. The summed E-state index contributed by atoms with van der Waals surface area (Å²) in [6.45, 7) is 10.2. The molecule has 9 nitrogen and oxygen atoms in total. The van der Waals surface area contributed by atoms with Crippen molar-refractivity contribution in [1.82, 2.24) is 10.2 Å². The van der Waals surface area contributed by atoms with E-state index >= 15 is 0 Å². The predicted molar refractivity (Wildman–Crippen MR) is 132 cm³/mol. The van der Waals surface area contributed by atoms with E-state index in [9.17, 15) is 23.1 Å². The number of hydrogen-bond acceptors (Lipinski definition) is 6. The van der Waals surface area contributed by atoms with Crippen LogP contribution in [0.1, 0.15) is 35.3 Å². The summed E-state index contributed by atoms with van der Waals surface area (Å²) in [6, 6.07) is 9.89. The van der Waals surface area contributed by atoms with E-state index in [0.717, 1.165) is 5.56 Å². The maximum absolute atomic E-state index is 13.0. The number of nitrogens with zero attached hydrogens (tertiary/aromatic N) is 2. The SMILES string of the molecule is Cc1ccc(C)c(S(=O)(=O)Nc2ccc(N3CCN(CC(=O)NC(C)C)CC3)cc2C(=O)O)c1. The second-order valence-electron chi connectivity index (χ2n) is 8.89. The van der Waals surface area contributed by atoms with E-state index in [2.05, 4.69) is 14.9 Å². The number of carboxylic acid groups (broad SMARTS) is 1. The largest absolute Gasteiger partial charge is 0.478 e. The average Bonchev–Trinajstić information content (AvgIpc) is 2.75. The molecule has 10 heteroatoms. The number of carboxylic acids is 1. The average molecular weight is 489 g/mol. The van der Waals surface area contributed by atoms with Gasteiger partial charge in [0.25, 0.3) is 10.0 Å². The van der Waals surface area contributed by atoms with Gasteiger partial charge in [-0.3, -0.25) is 14.4 Å². The van der Waals surface area contributed by atoms with Gasteiger partial charge in [-0.2, -0.15) is 0 Å². The summed E-state index contributed by atoms with van der Waals surface area (Å²) in [5.41, 5.74) is 1.96. The molecule has 3 rings (SSSR count). The number of sulfonamides is 1. The van der Waals surface area contributed by atoms with Crippen LogP contribution in [0.25, 0.3) is 0 Å². The summed E-state index contributed by atoms with van der Waals surface area (Å²) >= 11 is 0. The zero-order valence-electron chi connectivity index (χ0n) is 20.0. The van der Waals surface area contributed by atoms with Crippen molar-refractivity contribution in [1.29, 1.82) is 0 Å². The van der Waals surface area contributed by atoms with Gasteiger partial charge in [-0.15, -0.1) is 0 Å². The number of aryl methyl sites for hydroxylation is 2. The van der Waals surface area contributed by atoms with Crippen LogP contribution in [0.3, 0.4) is 0 Å². The molecule has 2 aromatic carbocycles. The van der Waals surface area contributed by atoms with E-state index in [1.54, 1.807) is 32.0 Å². The van der Waals surface area contributed by atoms with E-state index < -0.39 is 16.0 Å². The maximum atomic E-state index is 13.0. The number of rotatable bonds is 8. The zero-order valence-corrected chi connectivity index (χ0v) is 20.8. The standard InChI is InChI=1S/C24H32N4O5S/c1-16(2)25-23(29)15-27-9-11-28(12-10-27)19-7-8-21(20(14-19)24(30)31)26-34(32,33)22-13-17(3)5-6-18(22)4/h5-8,13-14,16,26H,9-12,15H2,1-4H3,(H,25,29)(H,30,31). The molecular formula is C24H32N4O5S. The summed E-state index contributed by atoms with van der Waals surface area (Å²) in [5.74, 6) is -1.23. The second-order valence-corrected chi connectivity index (χ2v) is 10.5. The molecule has 1 aliphatic heterocycles. The first-order valence-electron chi connectivity index (χ1n) is 11.2. The molecule has 0 aliphatic carbocycles. The lowest BCUT2D eigenvalue weighted by atomic mass is 10.1. The molecule has 0 atom stereocenters. The van der Waals surface area contributed by atoms with Gasteiger partial charge in [0.05, 0.1) is 22.7 Å². The summed E-state index contributed by atoms with van der Waals surface area (Å²) in [6.07, 6.45) is 0. The maximum Gasteiger partial charge on any atom is 0.337 e. The van der Waals surface area contributed by atoms with E-state index in [0.29, 0.717) is 44.0 Å². The summed E-state index contributed by atoms with van der Waals surface area (Å²) in [7, 11) is -3.96. The lowest BCUT2D eigenvalue weighted by Gasteiger charge is -2.36. The highest BCUT2D eigenvalue weighted by molar-refractivity contribution is 7.92. The Labute approximate surface area is 200 Å². The minimum absolute atomic E-state index is 0.0150. The molecule has 1 fully saturated rings. The van der Waals surface area contributed by atoms with Crippen LogP contribution >= 0.6 is 0 Å². The Morgan fingerprint density at radius 1 is 1.03 bits per heavy atom. The van der Waals surface area contributed by atoms with Gasteiger partial charge >= 0.3 is 5.97 Å². The highest BCUT2D eigenvalue weighted by atomic mass is 32.2. The predicted octanol–water partition coefficient (Wildman–Crippen LogP) is 2.45. The molecule has 3 N–H and O–H groups in total. The first-order valence-corrected chi connectivity index (χ1v) is 12.7. The van der Waals surface area contributed by atoms with Crippen LogP contribution in [0.15, 0.2) is 41.3 Å². The summed E-state index contributed by atoms with van der Waals surface area (Å²) in [4.78, 5) is 28.2. The third-order valence-corrected chi connectivity index (χ3v) is 7.17. The lowest BCUT2D eigenvalue weighted by molar-refractivity contribution is -0.122. The quantitative estimate of drug-likeness (QED) is 0.522. The summed E-state index contributed by atoms with van der Waals surface area (Å²) < 4.78 is 28.4. The highest BCUT2D eigenvalue weighted by Gasteiger charge is 2.24. The molecule has 0 saturated carbocycles. The zero-order chi connectivity index (χ0) is 25.0. The van der Waals surface area contributed by atoms with Gasteiger partial charge < -0.3 is 15.3 Å². The van der Waals surface area contributed by atoms with Crippen LogP contribution in [0.2, 0.25) is 0 Å². The first kappa shape index (κ1) is 25.5. The Bertz CT molecular complexity index is 1170. The minimum Gasteiger partial charge on any atom is -0.478 e. The Balaban J connectivity index is 1.75. The van der Waals surface area contributed by atoms with Gasteiger partial charge in [-0.05, 0) is 63.1 Å². The number of aromatic carboxylic acids is 1. The third-order valence-electron chi connectivity index (χ3n) is 5.67. The van der Waals surface area contributed by atoms with Crippen LogP contribution in [0, 0.1) is 13.8 Å². The molecule has 1 amide bonds. The normalized spacial score (nSPS) is 14.8. The number of hydrogen-bond donors (Lipinski definition) is 3. The molecule has 0 aromatic heterocycles. The Morgan fingerprint density at radius 2 is 1.71 bits per heavy atom. The van der Waals surface area contributed by atoms with Crippen molar-refractivity contribution < 1.29 is 23.1 Å². The number of amides is 1. The number of carbonyl (C=O) groups excluding carboxylic acids is 1. The highest BCUT2D eigenvalue weighted by Crippen LogP contribution is 2.27. The van der Waals surface area contributed by atoms with Crippen molar-refractivity contribution in [3.05, 3.63) is 53.1 Å². The fraction of sp³-hybridized carbons (Fsp3) is 0.417. The number of nitrogens with one attached hydrogen (secondary N) is 2. The fourth-order valence-electron chi connectivity index (χ4n) is 3.93. The van der Waals surface area contributed by atoms with Crippen molar-refractivity contribution in [3.8, 4) is 0 Å². The number of carbonyl (C=O) groups is 2. The topological polar surface area (TPSA) is 119 Å². The number of anilines is 2. The first-order chi connectivity index (χ1) is 16.0. The smallest absolute Gasteiger partial charge is 0.337 e. The monoisotopic (exact) mass is 488 g/mol. The van der Waals surface area contributed by atoms with Crippen LogP contribution in [-0.4, -0.2) is 69.1 Å². The molecule has 34 heavy (non-hydrogen) atoms. The number of benzene rings is 2. The molecule has 1 heterocycles. The van der Waals surface area contributed by atoms with Gasteiger partial charge in [-0.1, -0.05) is 12.1 Å². The van der Waals surface area contributed by atoms with Gasteiger partial charge in [-0.25, -0.2) is 13.2 Å². The Kier molecular flexibility index (Phi) is 7.83. The van der Waals surface area contributed by atoms with E-state index in [1.165, 1.54) is 12.1 Å². The molecule has 0 spiro atoms. The van der Waals surface area contributed by atoms with Gasteiger partial charge in [0, 0.05) is 37.9 Å². The van der Waals surface area contributed by atoms with Crippen LogP contribution in [-0.2, 0) is 14.8 Å². The van der Waals surface area contributed by atoms with Crippen molar-refractivity contribution >= 4 is 33.3 Å². The Morgan fingerprint density at radius 3 is 2.32 bits per heavy atom. The molecule has 0 radical (unpaired) electrons. The van der Waals surface area contributed by atoms with Gasteiger partial charge in [0.1, 0.15) is 0 Å².